The number of benzene rings is 1. The van der Waals surface area contributed by atoms with Gasteiger partial charge in [-0.1, -0.05) is 37.3 Å². The second kappa shape index (κ2) is 6.50. The summed E-state index contributed by atoms with van der Waals surface area (Å²) in [6.07, 6.45) is 1.04. The molecule has 1 heterocycles. The summed E-state index contributed by atoms with van der Waals surface area (Å²) >= 11 is 0. The van der Waals surface area contributed by atoms with Gasteiger partial charge in [-0.3, -0.25) is 0 Å². The number of nitrogens with zero attached hydrogens (tertiary/aromatic N) is 4. The molecule has 0 aliphatic carbocycles. The van der Waals surface area contributed by atoms with Gasteiger partial charge in [-0.2, -0.15) is 5.26 Å². The molecule has 96 valence electrons. The SMILES string of the molecule is CCCN(Cc1ccccc1)c1ccc(C#N)nn1. The highest BCUT2D eigenvalue weighted by Crippen LogP contribution is 2.14. The summed E-state index contributed by atoms with van der Waals surface area (Å²) in [7, 11) is 0. The third-order valence-corrected chi connectivity index (χ3v) is 2.80. The van der Waals surface area contributed by atoms with Crippen LogP contribution in [-0.2, 0) is 6.54 Å². The Kier molecular flexibility index (Phi) is 4.46. The molecule has 0 spiro atoms. The lowest BCUT2D eigenvalue weighted by molar-refractivity contribution is 0.743. The molecular weight excluding hydrogens is 236 g/mol. The molecule has 0 unspecified atom stereocenters. The van der Waals surface area contributed by atoms with Crippen molar-refractivity contribution in [1.29, 1.82) is 5.26 Å². The zero-order valence-corrected chi connectivity index (χ0v) is 11.0. The Morgan fingerprint density at radius 1 is 1.11 bits per heavy atom. The summed E-state index contributed by atoms with van der Waals surface area (Å²) in [6.45, 7) is 3.85. The highest BCUT2D eigenvalue weighted by atomic mass is 15.3. The molecule has 2 aromatic rings. The van der Waals surface area contributed by atoms with E-state index in [0.29, 0.717) is 5.69 Å². The quantitative estimate of drug-likeness (QED) is 0.821. The van der Waals surface area contributed by atoms with Crippen LogP contribution in [0, 0.1) is 11.3 Å². The molecule has 0 fully saturated rings. The fourth-order valence-electron chi connectivity index (χ4n) is 1.90. The first-order valence-electron chi connectivity index (χ1n) is 6.36. The number of rotatable bonds is 5. The highest BCUT2D eigenvalue weighted by molar-refractivity contribution is 5.40. The zero-order valence-electron chi connectivity index (χ0n) is 11.0. The van der Waals surface area contributed by atoms with Gasteiger partial charge in [0, 0.05) is 13.1 Å². The first-order chi connectivity index (χ1) is 9.33. The summed E-state index contributed by atoms with van der Waals surface area (Å²) in [5, 5.41) is 16.7. The molecular formula is C15H16N4. The Balaban J connectivity index is 2.17. The molecule has 0 amide bonds. The standard InChI is InChI=1S/C15H16N4/c1-2-10-19(12-13-6-4-3-5-7-13)15-9-8-14(11-16)17-18-15/h3-9H,2,10,12H2,1H3. The summed E-state index contributed by atoms with van der Waals surface area (Å²) in [4.78, 5) is 2.17. The molecule has 0 aliphatic heterocycles. The van der Waals surface area contributed by atoms with E-state index in [9.17, 15) is 0 Å². The molecule has 4 heteroatoms. The molecule has 0 radical (unpaired) electrons. The molecule has 0 N–H and O–H groups in total. The molecule has 1 aromatic heterocycles. The molecule has 19 heavy (non-hydrogen) atoms. The van der Waals surface area contributed by atoms with E-state index in [1.54, 1.807) is 6.07 Å². The lowest BCUT2D eigenvalue weighted by atomic mass is 10.2. The minimum Gasteiger partial charge on any atom is -0.351 e. The highest BCUT2D eigenvalue weighted by Gasteiger charge is 2.08. The molecule has 0 aliphatic rings. The van der Waals surface area contributed by atoms with E-state index < -0.39 is 0 Å². The first-order valence-corrected chi connectivity index (χ1v) is 6.36. The molecule has 0 atom stereocenters. The molecule has 0 bridgehead atoms. The number of anilines is 1. The van der Waals surface area contributed by atoms with E-state index in [2.05, 4.69) is 34.2 Å². The predicted octanol–water partition coefficient (Wildman–Crippen LogP) is 2.76. The van der Waals surface area contributed by atoms with Crippen LogP contribution >= 0.6 is 0 Å². The largest absolute Gasteiger partial charge is 0.351 e. The average Bonchev–Trinajstić information content (AvgIpc) is 2.48. The van der Waals surface area contributed by atoms with Crippen LogP contribution in [0.5, 0.6) is 0 Å². The minimum absolute atomic E-state index is 0.347. The van der Waals surface area contributed by atoms with E-state index in [1.807, 2.05) is 30.3 Å². The van der Waals surface area contributed by atoms with E-state index in [-0.39, 0.29) is 0 Å². The fraction of sp³-hybridized carbons (Fsp3) is 0.267. The maximum Gasteiger partial charge on any atom is 0.163 e. The van der Waals surface area contributed by atoms with Gasteiger partial charge in [0.25, 0.3) is 0 Å². The smallest absolute Gasteiger partial charge is 0.163 e. The molecule has 0 saturated heterocycles. The fourth-order valence-corrected chi connectivity index (χ4v) is 1.90. The van der Waals surface area contributed by atoms with Gasteiger partial charge in [0.2, 0.25) is 0 Å². The van der Waals surface area contributed by atoms with Gasteiger partial charge in [-0.15, -0.1) is 10.2 Å². The van der Waals surface area contributed by atoms with Crippen molar-refractivity contribution in [1.82, 2.24) is 10.2 Å². The maximum absolute atomic E-state index is 8.74. The molecule has 0 saturated carbocycles. The van der Waals surface area contributed by atoms with Crippen molar-refractivity contribution in [3.05, 3.63) is 53.7 Å². The molecule has 4 nitrogen and oxygen atoms in total. The van der Waals surface area contributed by atoms with Gasteiger partial charge in [0.05, 0.1) is 0 Å². The normalized spacial score (nSPS) is 9.89. The number of hydrogen-bond acceptors (Lipinski definition) is 4. The van der Waals surface area contributed by atoms with Crippen LogP contribution in [0.1, 0.15) is 24.6 Å². The van der Waals surface area contributed by atoms with Crippen LogP contribution in [0.25, 0.3) is 0 Å². The topological polar surface area (TPSA) is 52.8 Å². The minimum atomic E-state index is 0.347. The Morgan fingerprint density at radius 3 is 2.47 bits per heavy atom. The van der Waals surface area contributed by atoms with Crippen molar-refractivity contribution >= 4 is 5.82 Å². The van der Waals surface area contributed by atoms with Gasteiger partial charge in [0.1, 0.15) is 6.07 Å². The van der Waals surface area contributed by atoms with Crippen LogP contribution in [0.2, 0.25) is 0 Å². The van der Waals surface area contributed by atoms with Gasteiger partial charge in [-0.05, 0) is 24.1 Å². The molecule has 2 rings (SSSR count). The van der Waals surface area contributed by atoms with E-state index in [1.165, 1.54) is 5.56 Å². The summed E-state index contributed by atoms with van der Waals surface area (Å²) in [6, 6.07) is 15.8. The van der Waals surface area contributed by atoms with Crippen molar-refractivity contribution in [2.45, 2.75) is 19.9 Å². The lowest BCUT2D eigenvalue weighted by Gasteiger charge is -2.22. The Bertz CT molecular complexity index is 543. The second-order valence-electron chi connectivity index (χ2n) is 4.30. The summed E-state index contributed by atoms with van der Waals surface area (Å²) < 4.78 is 0. The Labute approximate surface area is 113 Å². The summed E-state index contributed by atoms with van der Waals surface area (Å²) in [5.74, 6) is 0.810. The van der Waals surface area contributed by atoms with E-state index in [4.69, 9.17) is 5.26 Å². The van der Waals surface area contributed by atoms with Gasteiger partial charge >= 0.3 is 0 Å². The van der Waals surface area contributed by atoms with Gasteiger partial charge in [0.15, 0.2) is 11.5 Å². The number of nitriles is 1. The second-order valence-corrected chi connectivity index (χ2v) is 4.30. The lowest BCUT2D eigenvalue weighted by Crippen LogP contribution is -2.24. The zero-order chi connectivity index (χ0) is 13.5. The van der Waals surface area contributed by atoms with Gasteiger partial charge in [-0.25, -0.2) is 0 Å². The third-order valence-electron chi connectivity index (χ3n) is 2.80. The van der Waals surface area contributed by atoms with Crippen LogP contribution < -0.4 is 4.90 Å². The number of hydrogen-bond donors (Lipinski definition) is 0. The van der Waals surface area contributed by atoms with Crippen molar-refractivity contribution in [2.75, 3.05) is 11.4 Å². The van der Waals surface area contributed by atoms with Crippen LogP contribution in [0.4, 0.5) is 5.82 Å². The van der Waals surface area contributed by atoms with Crippen LogP contribution in [0.15, 0.2) is 42.5 Å². The van der Waals surface area contributed by atoms with Crippen molar-refractivity contribution in [3.8, 4) is 6.07 Å². The van der Waals surface area contributed by atoms with Crippen molar-refractivity contribution in [2.24, 2.45) is 0 Å². The Hall–Kier alpha value is -2.41. The van der Waals surface area contributed by atoms with E-state index >= 15 is 0 Å². The number of aromatic nitrogens is 2. The monoisotopic (exact) mass is 252 g/mol. The maximum atomic E-state index is 8.74. The van der Waals surface area contributed by atoms with Crippen molar-refractivity contribution in [3.63, 3.8) is 0 Å². The Morgan fingerprint density at radius 2 is 1.89 bits per heavy atom. The summed E-state index contributed by atoms with van der Waals surface area (Å²) in [5.41, 5.74) is 1.59. The van der Waals surface area contributed by atoms with Crippen LogP contribution in [0.3, 0.4) is 0 Å². The van der Waals surface area contributed by atoms with Crippen LogP contribution in [-0.4, -0.2) is 16.7 Å². The van der Waals surface area contributed by atoms with Gasteiger partial charge < -0.3 is 4.90 Å². The third kappa shape index (κ3) is 3.52. The molecule has 1 aromatic carbocycles. The predicted molar refractivity (Wildman–Crippen MR) is 74.5 cm³/mol. The van der Waals surface area contributed by atoms with E-state index in [0.717, 1.165) is 25.3 Å². The van der Waals surface area contributed by atoms with Crippen molar-refractivity contribution < 1.29 is 0 Å². The first kappa shape index (κ1) is 13.0. The average molecular weight is 252 g/mol.